The highest BCUT2D eigenvalue weighted by Gasteiger charge is 2.34. The number of benzene rings is 2. The first kappa shape index (κ1) is 20.1. The molecule has 0 radical (unpaired) electrons. The number of methoxy groups -OCH3 is 1. The number of rotatable bonds is 6. The second-order valence-electron chi connectivity index (χ2n) is 8.07. The zero-order valence-corrected chi connectivity index (χ0v) is 17.2. The highest BCUT2D eigenvalue weighted by molar-refractivity contribution is 5.78. The minimum atomic E-state index is -0.386. The molecule has 1 atom stereocenters. The van der Waals surface area contributed by atoms with Crippen molar-refractivity contribution in [1.82, 2.24) is 5.32 Å². The molecule has 2 aromatic carbocycles. The summed E-state index contributed by atoms with van der Waals surface area (Å²) in [4.78, 5) is 12.6. The van der Waals surface area contributed by atoms with Crippen LogP contribution in [0.4, 0.5) is 0 Å². The first-order chi connectivity index (χ1) is 13.3. The molecule has 0 unspecified atom stereocenters. The maximum absolute atomic E-state index is 12.6. The van der Waals surface area contributed by atoms with Gasteiger partial charge in [0.2, 0.25) is 0 Å². The third kappa shape index (κ3) is 4.58. The zero-order chi connectivity index (χ0) is 20.3. The molecule has 0 saturated heterocycles. The standard InChI is InChI=1S/C23H29NO4/c1-15(2)17-8-6-7-9-20(17)27-14-22(25)24-19-13-23(3,4)28-21-12-16(26-5)10-11-18(19)21/h6-12,15,19H,13-14H2,1-5H3,(H,24,25)/t19-/m0/s1. The van der Waals surface area contributed by atoms with Gasteiger partial charge in [0.15, 0.2) is 6.61 Å². The largest absolute Gasteiger partial charge is 0.497 e. The summed E-state index contributed by atoms with van der Waals surface area (Å²) in [5, 5.41) is 3.10. The van der Waals surface area contributed by atoms with Crippen molar-refractivity contribution in [2.45, 2.75) is 51.7 Å². The predicted octanol–water partition coefficient (Wildman–Crippen LogP) is 4.62. The van der Waals surface area contributed by atoms with Gasteiger partial charge in [-0.15, -0.1) is 0 Å². The Kier molecular flexibility index (Phi) is 5.82. The van der Waals surface area contributed by atoms with Crippen LogP contribution >= 0.6 is 0 Å². The molecule has 0 saturated carbocycles. The van der Waals surface area contributed by atoms with Gasteiger partial charge >= 0.3 is 0 Å². The van der Waals surface area contributed by atoms with Crippen LogP contribution in [0, 0.1) is 0 Å². The Morgan fingerprint density at radius 1 is 1.25 bits per heavy atom. The Morgan fingerprint density at radius 2 is 2.00 bits per heavy atom. The van der Waals surface area contributed by atoms with E-state index in [9.17, 15) is 4.79 Å². The number of carbonyl (C=O) groups is 1. The fourth-order valence-electron chi connectivity index (χ4n) is 3.56. The monoisotopic (exact) mass is 383 g/mol. The van der Waals surface area contributed by atoms with Crippen molar-refractivity contribution >= 4 is 5.91 Å². The van der Waals surface area contributed by atoms with Gasteiger partial charge in [-0.3, -0.25) is 4.79 Å². The smallest absolute Gasteiger partial charge is 0.258 e. The van der Waals surface area contributed by atoms with E-state index >= 15 is 0 Å². The molecule has 5 nitrogen and oxygen atoms in total. The summed E-state index contributed by atoms with van der Waals surface area (Å²) in [5.74, 6) is 2.41. The van der Waals surface area contributed by atoms with E-state index in [1.165, 1.54) is 0 Å². The summed E-state index contributed by atoms with van der Waals surface area (Å²) in [5.41, 5.74) is 1.67. The average Bonchev–Trinajstić information content (AvgIpc) is 2.65. The molecule has 1 N–H and O–H groups in total. The van der Waals surface area contributed by atoms with Gasteiger partial charge in [0, 0.05) is 18.1 Å². The average molecular weight is 383 g/mol. The normalized spacial score (nSPS) is 17.4. The minimum absolute atomic E-state index is 0.0208. The second kappa shape index (κ2) is 8.13. The number of carbonyl (C=O) groups excluding carboxylic acids is 1. The molecule has 1 amide bonds. The van der Waals surface area contributed by atoms with Crippen molar-refractivity contribution in [2.24, 2.45) is 0 Å². The highest BCUT2D eigenvalue weighted by atomic mass is 16.5. The third-order valence-electron chi connectivity index (χ3n) is 4.91. The molecule has 0 spiro atoms. The quantitative estimate of drug-likeness (QED) is 0.791. The number of amides is 1. The summed E-state index contributed by atoms with van der Waals surface area (Å²) >= 11 is 0. The number of ether oxygens (including phenoxy) is 3. The van der Waals surface area contributed by atoms with Crippen LogP contribution in [0.2, 0.25) is 0 Å². The lowest BCUT2D eigenvalue weighted by molar-refractivity contribution is -0.124. The van der Waals surface area contributed by atoms with Gasteiger partial charge in [-0.05, 0) is 43.5 Å². The van der Waals surface area contributed by atoms with E-state index in [1.54, 1.807) is 7.11 Å². The summed E-state index contributed by atoms with van der Waals surface area (Å²) in [6.45, 7) is 8.23. The molecule has 1 heterocycles. The Morgan fingerprint density at radius 3 is 2.71 bits per heavy atom. The second-order valence-corrected chi connectivity index (χ2v) is 8.07. The van der Waals surface area contributed by atoms with Crippen molar-refractivity contribution in [3.8, 4) is 17.2 Å². The summed E-state index contributed by atoms with van der Waals surface area (Å²) < 4.78 is 17.2. The van der Waals surface area contributed by atoms with Crippen molar-refractivity contribution in [2.75, 3.05) is 13.7 Å². The van der Waals surface area contributed by atoms with Gasteiger partial charge in [0.1, 0.15) is 22.8 Å². The van der Waals surface area contributed by atoms with Crippen molar-refractivity contribution in [3.05, 3.63) is 53.6 Å². The SMILES string of the molecule is COc1ccc2c(c1)OC(C)(C)C[C@@H]2NC(=O)COc1ccccc1C(C)C. The molecule has 0 aromatic heterocycles. The molecule has 1 aliphatic rings. The van der Waals surface area contributed by atoms with Gasteiger partial charge in [-0.1, -0.05) is 32.0 Å². The summed E-state index contributed by atoms with van der Waals surface area (Å²) in [7, 11) is 1.63. The van der Waals surface area contributed by atoms with Crippen LogP contribution in [0.15, 0.2) is 42.5 Å². The van der Waals surface area contributed by atoms with E-state index in [0.29, 0.717) is 12.3 Å². The maximum Gasteiger partial charge on any atom is 0.258 e. The van der Waals surface area contributed by atoms with Crippen LogP contribution in [0.25, 0.3) is 0 Å². The van der Waals surface area contributed by atoms with Gasteiger partial charge in [-0.2, -0.15) is 0 Å². The lowest BCUT2D eigenvalue weighted by atomic mass is 9.89. The number of fused-ring (bicyclic) bond motifs is 1. The lowest BCUT2D eigenvalue weighted by Gasteiger charge is -2.38. The van der Waals surface area contributed by atoms with Crippen molar-refractivity contribution in [3.63, 3.8) is 0 Å². The van der Waals surface area contributed by atoms with Crippen LogP contribution in [0.1, 0.15) is 57.2 Å². The zero-order valence-electron chi connectivity index (χ0n) is 17.2. The molecule has 0 bridgehead atoms. The predicted molar refractivity (Wildman–Crippen MR) is 109 cm³/mol. The fraction of sp³-hybridized carbons (Fsp3) is 0.435. The molecule has 5 heteroatoms. The number of hydrogen-bond acceptors (Lipinski definition) is 4. The van der Waals surface area contributed by atoms with E-state index in [-0.39, 0.29) is 24.2 Å². The number of nitrogens with one attached hydrogen (secondary N) is 1. The van der Waals surface area contributed by atoms with Gasteiger partial charge in [0.25, 0.3) is 5.91 Å². The Bertz CT molecular complexity index is 844. The van der Waals surface area contributed by atoms with E-state index in [0.717, 1.165) is 28.4 Å². The molecule has 0 fully saturated rings. The lowest BCUT2D eigenvalue weighted by Crippen LogP contribution is -2.42. The highest BCUT2D eigenvalue weighted by Crippen LogP contribution is 2.41. The molecule has 0 aliphatic carbocycles. The first-order valence-electron chi connectivity index (χ1n) is 9.67. The van der Waals surface area contributed by atoms with Gasteiger partial charge in [-0.25, -0.2) is 0 Å². The Hall–Kier alpha value is -2.69. The van der Waals surface area contributed by atoms with Crippen molar-refractivity contribution in [1.29, 1.82) is 0 Å². The van der Waals surface area contributed by atoms with Crippen LogP contribution in [-0.2, 0) is 4.79 Å². The molecule has 1 aliphatic heterocycles. The van der Waals surface area contributed by atoms with E-state index in [4.69, 9.17) is 14.2 Å². The van der Waals surface area contributed by atoms with Crippen LogP contribution in [-0.4, -0.2) is 25.2 Å². The number of para-hydroxylation sites is 1. The van der Waals surface area contributed by atoms with E-state index in [2.05, 4.69) is 19.2 Å². The maximum atomic E-state index is 12.6. The molecular weight excluding hydrogens is 354 g/mol. The van der Waals surface area contributed by atoms with Gasteiger partial charge < -0.3 is 19.5 Å². The van der Waals surface area contributed by atoms with Gasteiger partial charge in [0.05, 0.1) is 13.2 Å². The topological polar surface area (TPSA) is 56.8 Å². The fourth-order valence-corrected chi connectivity index (χ4v) is 3.56. The van der Waals surface area contributed by atoms with Crippen LogP contribution < -0.4 is 19.5 Å². The summed E-state index contributed by atoms with van der Waals surface area (Å²) in [6, 6.07) is 13.4. The van der Waals surface area contributed by atoms with E-state index in [1.807, 2.05) is 56.3 Å². The third-order valence-corrected chi connectivity index (χ3v) is 4.91. The minimum Gasteiger partial charge on any atom is -0.497 e. The Labute approximate surface area is 167 Å². The molecule has 2 aromatic rings. The molecule has 3 rings (SSSR count). The molecular formula is C23H29NO4. The first-order valence-corrected chi connectivity index (χ1v) is 9.67. The Balaban J connectivity index is 1.71. The molecule has 28 heavy (non-hydrogen) atoms. The summed E-state index contributed by atoms with van der Waals surface area (Å²) in [6.07, 6.45) is 0.681. The van der Waals surface area contributed by atoms with Crippen LogP contribution in [0.3, 0.4) is 0 Å². The number of hydrogen-bond donors (Lipinski definition) is 1. The van der Waals surface area contributed by atoms with Crippen molar-refractivity contribution < 1.29 is 19.0 Å². The van der Waals surface area contributed by atoms with E-state index < -0.39 is 0 Å². The van der Waals surface area contributed by atoms with Crippen LogP contribution in [0.5, 0.6) is 17.2 Å². The molecule has 150 valence electrons.